The molecule has 0 aromatic heterocycles. The molecule has 2 aliphatic rings. The maximum absolute atomic E-state index is 13.6. The molecule has 1 amide bonds. The van der Waals surface area contributed by atoms with Crippen molar-refractivity contribution in [1.29, 1.82) is 0 Å². The number of alkyl halides is 3. The molecular formula is C21H21ClF3N2O2+. The molecule has 154 valence electrons. The van der Waals surface area contributed by atoms with Crippen LogP contribution in [0, 0.1) is 6.42 Å². The predicted octanol–water partition coefficient (Wildman–Crippen LogP) is 4.51. The van der Waals surface area contributed by atoms with Gasteiger partial charge in [-0.3, -0.25) is 14.6 Å². The Hall–Kier alpha value is -2.54. The summed E-state index contributed by atoms with van der Waals surface area (Å²) in [5, 5.41) is 0.172. The lowest BCUT2D eigenvalue weighted by Crippen LogP contribution is -2.38. The summed E-state index contributed by atoms with van der Waals surface area (Å²) < 4.78 is 40.7. The Kier molecular flexibility index (Phi) is 7.30. The third-order valence-electron chi connectivity index (χ3n) is 4.64. The van der Waals surface area contributed by atoms with Gasteiger partial charge in [-0.2, -0.15) is 13.2 Å². The number of carbonyl (C=O) groups excluding carboxylic acids is 2. The van der Waals surface area contributed by atoms with Crippen molar-refractivity contribution in [2.24, 2.45) is 4.99 Å². The van der Waals surface area contributed by atoms with Crippen LogP contribution >= 0.6 is 11.6 Å². The summed E-state index contributed by atoms with van der Waals surface area (Å²) in [6, 6.07) is -0.508. The first-order valence-corrected chi connectivity index (χ1v) is 9.36. The van der Waals surface area contributed by atoms with E-state index in [2.05, 4.69) is 18.2 Å². The van der Waals surface area contributed by atoms with Gasteiger partial charge in [0, 0.05) is 24.4 Å². The van der Waals surface area contributed by atoms with Gasteiger partial charge in [-0.25, -0.2) is 0 Å². The van der Waals surface area contributed by atoms with E-state index >= 15 is 0 Å². The molecule has 1 atom stereocenters. The number of amides is 1. The number of aliphatic imine (C=N–C) groups is 1. The largest absolute Gasteiger partial charge is 0.413 e. The smallest absolute Gasteiger partial charge is 0.330 e. The van der Waals surface area contributed by atoms with Gasteiger partial charge in [-0.15, -0.1) is 6.58 Å². The third-order valence-corrected chi connectivity index (χ3v) is 4.95. The fraction of sp³-hybridized carbons (Fsp3) is 0.333. The molecule has 0 spiro atoms. The topological polar surface area (TPSA) is 49.7 Å². The highest BCUT2D eigenvalue weighted by atomic mass is 35.5. The van der Waals surface area contributed by atoms with Crippen molar-refractivity contribution in [3.8, 4) is 0 Å². The van der Waals surface area contributed by atoms with Crippen molar-refractivity contribution >= 4 is 29.5 Å². The molecule has 0 N–H and O–H groups in total. The Bertz CT molecular complexity index is 850. The molecule has 0 aromatic carbocycles. The summed E-state index contributed by atoms with van der Waals surface area (Å²) in [5.74, 6) is -1.40. The van der Waals surface area contributed by atoms with Gasteiger partial charge in [0.15, 0.2) is 5.03 Å². The number of carbonyl (C=O) groups is 2. The van der Waals surface area contributed by atoms with Gasteiger partial charge in [0.1, 0.15) is 5.57 Å². The van der Waals surface area contributed by atoms with E-state index in [1.165, 1.54) is 12.5 Å². The number of nitrogens with zero attached hydrogens (tertiary/aromatic N) is 2. The van der Waals surface area contributed by atoms with Crippen LogP contribution in [0.2, 0.25) is 0 Å². The molecule has 1 aliphatic carbocycles. The van der Waals surface area contributed by atoms with Crippen LogP contribution < -0.4 is 0 Å². The van der Waals surface area contributed by atoms with Crippen LogP contribution in [0.5, 0.6) is 0 Å². The average molecular weight is 426 g/mol. The normalized spacial score (nSPS) is 19.8. The SMILES string of the molecule is C=CC1CCC(C(F)(F)F)=C(C(=O)N(CC)CC(=O)C2=C(Cl)[CH+]C=CC2=C)C=N1. The van der Waals surface area contributed by atoms with Gasteiger partial charge in [-0.05, 0) is 19.8 Å². The van der Waals surface area contributed by atoms with Crippen LogP contribution in [-0.2, 0) is 9.59 Å². The molecule has 4 nitrogen and oxygen atoms in total. The Morgan fingerprint density at radius 3 is 2.69 bits per heavy atom. The molecule has 1 heterocycles. The number of hydrogen-bond acceptors (Lipinski definition) is 3. The number of halogens is 4. The lowest BCUT2D eigenvalue weighted by atomic mass is 9.96. The molecule has 1 aliphatic heterocycles. The standard InChI is InChI=1S/C21H21ClF3N2O2/c1-4-14-9-10-16(21(23,24)25)15(11-26-14)20(29)27(5-2)12-18(28)19-13(3)7-6-8-17(19)22/h4,6-8,11,14H,1,3,5,9-10,12H2,2H3/q+1. The van der Waals surface area contributed by atoms with Crippen LogP contribution in [-0.4, -0.2) is 48.1 Å². The number of ketones is 1. The first-order valence-electron chi connectivity index (χ1n) is 8.99. The monoisotopic (exact) mass is 425 g/mol. The molecule has 29 heavy (non-hydrogen) atoms. The summed E-state index contributed by atoms with van der Waals surface area (Å²) in [7, 11) is 0. The predicted molar refractivity (Wildman–Crippen MR) is 108 cm³/mol. The first kappa shape index (κ1) is 22.7. The highest BCUT2D eigenvalue weighted by Gasteiger charge is 2.39. The van der Waals surface area contributed by atoms with E-state index in [-0.39, 0.29) is 30.0 Å². The molecule has 0 saturated heterocycles. The third kappa shape index (κ3) is 5.29. The van der Waals surface area contributed by atoms with Crippen LogP contribution in [0.3, 0.4) is 0 Å². The van der Waals surface area contributed by atoms with Gasteiger partial charge in [-0.1, -0.05) is 24.3 Å². The zero-order valence-electron chi connectivity index (χ0n) is 15.9. The second-order valence-corrected chi connectivity index (χ2v) is 6.93. The molecule has 1 unspecified atom stereocenters. The number of hydrogen-bond donors (Lipinski definition) is 0. The van der Waals surface area contributed by atoms with Gasteiger partial charge in [0.2, 0.25) is 5.78 Å². The summed E-state index contributed by atoms with van der Waals surface area (Å²) >= 11 is 6.06. The molecular weight excluding hydrogens is 405 g/mol. The Labute approximate surface area is 172 Å². The molecule has 0 saturated carbocycles. The van der Waals surface area contributed by atoms with E-state index < -0.39 is 41.6 Å². The van der Waals surface area contributed by atoms with Crippen LogP contribution in [0.4, 0.5) is 13.2 Å². The Morgan fingerprint density at radius 2 is 2.14 bits per heavy atom. The van der Waals surface area contributed by atoms with E-state index in [4.69, 9.17) is 11.6 Å². The van der Waals surface area contributed by atoms with E-state index in [9.17, 15) is 22.8 Å². The highest BCUT2D eigenvalue weighted by molar-refractivity contribution is 6.34. The minimum absolute atomic E-state index is 0.0366. The summed E-state index contributed by atoms with van der Waals surface area (Å²) in [6.45, 7) is 8.49. The molecule has 0 fully saturated rings. The number of allylic oxidation sites excluding steroid dienone is 5. The molecule has 0 radical (unpaired) electrons. The van der Waals surface area contributed by atoms with Gasteiger partial charge in [0.25, 0.3) is 5.91 Å². The Balaban J connectivity index is 2.34. The minimum atomic E-state index is -4.68. The fourth-order valence-electron chi connectivity index (χ4n) is 3.04. The van der Waals surface area contributed by atoms with Crippen molar-refractivity contribution in [3.63, 3.8) is 0 Å². The minimum Gasteiger partial charge on any atom is -0.330 e. The number of rotatable bonds is 6. The molecule has 2 rings (SSSR count). The van der Waals surface area contributed by atoms with Crippen molar-refractivity contribution in [3.05, 3.63) is 65.1 Å². The quantitative estimate of drug-likeness (QED) is 0.464. The summed E-state index contributed by atoms with van der Waals surface area (Å²) in [5.41, 5.74) is -0.972. The maximum Gasteiger partial charge on any atom is 0.413 e. The zero-order valence-corrected chi connectivity index (χ0v) is 16.7. The molecule has 8 heteroatoms. The second-order valence-electron chi connectivity index (χ2n) is 6.53. The lowest BCUT2D eigenvalue weighted by molar-refractivity contribution is -0.131. The van der Waals surface area contributed by atoms with Crippen LogP contribution in [0.15, 0.2) is 63.7 Å². The van der Waals surface area contributed by atoms with Gasteiger partial charge < -0.3 is 4.90 Å². The van der Waals surface area contributed by atoms with Crippen molar-refractivity contribution in [2.75, 3.05) is 13.1 Å². The number of Topliss-reactive ketones (excluding diaryl/α,β-unsaturated/α-hetero) is 1. The summed E-state index contributed by atoms with van der Waals surface area (Å²) in [4.78, 5) is 30.7. The highest BCUT2D eigenvalue weighted by Crippen LogP contribution is 2.34. The average Bonchev–Trinajstić information content (AvgIpc) is 2.87. The Morgan fingerprint density at radius 1 is 1.45 bits per heavy atom. The van der Waals surface area contributed by atoms with E-state index in [1.54, 1.807) is 19.1 Å². The molecule has 0 aromatic rings. The van der Waals surface area contributed by atoms with E-state index in [0.29, 0.717) is 5.57 Å². The molecule has 0 bridgehead atoms. The van der Waals surface area contributed by atoms with E-state index in [0.717, 1.165) is 11.1 Å². The van der Waals surface area contributed by atoms with Crippen molar-refractivity contribution < 1.29 is 22.8 Å². The lowest BCUT2D eigenvalue weighted by Gasteiger charge is -2.22. The number of likely N-dealkylation sites (N-methyl/N-ethyl adjacent to an activating group) is 1. The van der Waals surface area contributed by atoms with Crippen molar-refractivity contribution in [2.45, 2.75) is 32.0 Å². The maximum atomic E-state index is 13.6. The van der Waals surface area contributed by atoms with Gasteiger partial charge >= 0.3 is 6.18 Å². The van der Waals surface area contributed by atoms with Crippen LogP contribution in [0.1, 0.15) is 19.8 Å². The fourth-order valence-corrected chi connectivity index (χ4v) is 3.34. The van der Waals surface area contributed by atoms with Crippen molar-refractivity contribution in [1.82, 2.24) is 4.90 Å². The summed E-state index contributed by atoms with van der Waals surface area (Å²) in [6.07, 6.45) is 2.17. The zero-order chi connectivity index (χ0) is 21.8. The van der Waals surface area contributed by atoms with Crippen LogP contribution in [0.25, 0.3) is 0 Å². The van der Waals surface area contributed by atoms with E-state index in [1.807, 2.05) is 0 Å². The first-order chi connectivity index (χ1) is 13.6. The second kappa shape index (κ2) is 9.31. The van der Waals surface area contributed by atoms with Gasteiger partial charge in [0.05, 0.1) is 36.2 Å².